The van der Waals surface area contributed by atoms with Gasteiger partial charge in [-0.1, -0.05) is 0 Å². The van der Waals surface area contributed by atoms with Gasteiger partial charge in [0.15, 0.2) is 0 Å². The topological polar surface area (TPSA) is 21.3 Å². The highest BCUT2D eigenvalue weighted by molar-refractivity contribution is 4.82. The first-order valence-corrected chi connectivity index (χ1v) is 3.58. The third kappa shape index (κ3) is 1.43. The molecule has 0 aliphatic heterocycles. The number of ether oxygens (including phenoxy) is 1. The fourth-order valence-electron chi connectivity index (χ4n) is 1.54. The lowest BCUT2D eigenvalue weighted by Gasteiger charge is -2.16. The van der Waals surface area contributed by atoms with Crippen molar-refractivity contribution >= 4 is 0 Å². The van der Waals surface area contributed by atoms with Crippen LogP contribution in [0.3, 0.4) is 0 Å². The van der Waals surface area contributed by atoms with Gasteiger partial charge in [-0.05, 0) is 26.3 Å². The normalized spacial score (nSPS) is 35.3. The van der Waals surface area contributed by atoms with Gasteiger partial charge in [0, 0.05) is 13.2 Å². The molecule has 0 aromatic carbocycles. The summed E-state index contributed by atoms with van der Waals surface area (Å²) < 4.78 is 5.25. The third-order valence-corrected chi connectivity index (χ3v) is 2.13. The Bertz CT molecular complexity index is 75.0. The molecule has 0 amide bonds. The van der Waals surface area contributed by atoms with Gasteiger partial charge in [-0.15, -0.1) is 0 Å². The second-order valence-corrected chi connectivity index (χ2v) is 2.60. The highest BCUT2D eigenvalue weighted by Crippen LogP contribution is 2.20. The minimum atomic E-state index is 0.468. The van der Waals surface area contributed by atoms with Gasteiger partial charge >= 0.3 is 0 Å². The second-order valence-electron chi connectivity index (χ2n) is 2.60. The number of hydrogen-bond acceptors (Lipinski definition) is 2. The molecule has 0 radical (unpaired) electrons. The summed E-state index contributed by atoms with van der Waals surface area (Å²) in [4.78, 5) is 0. The molecule has 1 rings (SSSR count). The van der Waals surface area contributed by atoms with Crippen LogP contribution in [-0.2, 0) is 4.74 Å². The summed E-state index contributed by atoms with van der Waals surface area (Å²) in [6, 6.07) is 0.606. The van der Waals surface area contributed by atoms with Gasteiger partial charge in [-0.25, -0.2) is 0 Å². The second kappa shape index (κ2) is 3.18. The van der Waals surface area contributed by atoms with Crippen LogP contribution in [0.1, 0.15) is 19.3 Å². The average molecular weight is 129 g/mol. The van der Waals surface area contributed by atoms with Crippen molar-refractivity contribution in [1.29, 1.82) is 0 Å². The van der Waals surface area contributed by atoms with Crippen LogP contribution in [0.25, 0.3) is 0 Å². The molecule has 0 aromatic heterocycles. The lowest BCUT2D eigenvalue weighted by atomic mass is 10.2. The Kier molecular flexibility index (Phi) is 2.49. The minimum Gasteiger partial charge on any atom is -0.380 e. The van der Waals surface area contributed by atoms with E-state index in [1.807, 2.05) is 7.05 Å². The van der Waals surface area contributed by atoms with Crippen LogP contribution in [0.15, 0.2) is 0 Å². The molecular formula is C7H15NO. The van der Waals surface area contributed by atoms with Crippen molar-refractivity contribution in [2.24, 2.45) is 0 Å². The summed E-state index contributed by atoms with van der Waals surface area (Å²) in [5.41, 5.74) is 0. The molecule has 1 fully saturated rings. The molecule has 0 aromatic rings. The van der Waals surface area contributed by atoms with Gasteiger partial charge in [-0.3, -0.25) is 0 Å². The van der Waals surface area contributed by atoms with E-state index in [2.05, 4.69) is 5.32 Å². The monoisotopic (exact) mass is 129 g/mol. The van der Waals surface area contributed by atoms with Gasteiger partial charge in [0.25, 0.3) is 0 Å². The van der Waals surface area contributed by atoms with E-state index in [0.717, 1.165) is 0 Å². The molecule has 9 heavy (non-hydrogen) atoms. The van der Waals surface area contributed by atoms with Gasteiger partial charge in [0.05, 0.1) is 6.10 Å². The first kappa shape index (κ1) is 7.03. The van der Waals surface area contributed by atoms with Crippen LogP contribution in [0.4, 0.5) is 0 Å². The molecule has 2 atom stereocenters. The Labute approximate surface area is 56.6 Å². The molecule has 1 saturated carbocycles. The molecule has 1 aliphatic carbocycles. The maximum atomic E-state index is 5.25. The molecule has 1 N–H and O–H groups in total. The smallest absolute Gasteiger partial charge is 0.0724 e. The average Bonchev–Trinajstić information content (AvgIpc) is 2.33. The SMILES string of the molecule is CN[C@H]1CCC[C@@H]1OC. The van der Waals surface area contributed by atoms with Gasteiger partial charge < -0.3 is 10.1 Å². The van der Waals surface area contributed by atoms with Crippen molar-refractivity contribution in [3.8, 4) is 0 Å². The number of likely N-dealkylation sites (N-methyl/N-ethyl adjacent to an activating group) is 1. The molecular weight excluding hydrogens is 114 g/mol. The zero-order chi connectivity index (χ0) is 6.69. The van der Waals surface area contributed by atoms with Crippen LogP contribution in [0.2, 0.25) is 0 Å². The van der Waals surface area contributed by atoms with Gasteiger partial charge in [0.1, 0.15) is 0 Å². The van der Waals surface area contributed by atoms with Crippen molar-refractivity contribution in [3.63, 3.8) is 0 Å². The van der Waals surface area contributed by atoms with E-state index in [4.69, 9.17) is 4.74 Å². The zero-order valence-corrected chi connectivity index (χ0v) is 6.18. The van der Waals surface area contributed by atoms with Crippen LogP contribution in [-0.4, -0.2) is 26.3 Å². The number of hydrogen-bond donors (Lipinski definition) is 1. The Morgan fingerprint density at radius 1 is 1.44 bits per heavy atom. The van der Waals surface area contributed by atoms with E-state index in [-0.39, 0.29) is 0 Å². The van der Waals surface area contributed by atoms with Crippen molar-refractivity contribution in [3.05, 3.63) is 0 Å². The quantitative estimate of drug-likeness (QED) is 0.594. The summed E-state index contributed by atoms with van der Waals surface area (Å²) in [6.45, 7) is 0. The van der Waals surface area contributed by atoms with Gasteiger partial charge in [0.2, 0.25) is 0 Å². The minimum absolute atomic E-state index is 0.468. The van der Waals surface area contributed by atoms with Crippen LogP contribution in [0, 0.1) is 0 Å². The van der Waals surface area contributed by atoms with Crippen LogP contribution in [0.5, 0.6) is 0 Å². The number of nitrogens with one attached hydrogen (secondary N) is 1. The lowest BCUT2D eigenvalue weighted by molar-refractivity contribution is 0.0876. The maximum absolute atomic E-state index is 5.25. The Morgan fingerprint density at radius 3 is 2.67 bits per heavy atom. The molecule has 0 heterocycles. The summed E-state index contributed by atoms with van der Waals surface area (Å²) in [7, 11) is 3.79. The molecule has 0 bridgehead atoms. The van der Waals surface area contributed by atoms with E-state index in [9.17, 15) is 0 Å². The Balaban J connectivity index is 2.32. The predicted molar refractivity (Wildman–Crippen MR) is 37.5 cm³/mol. The molecule has 2 nitrogen and oxygen atoms in total. The largest absolute Gasteiger partial charge is 0.380 e. The van der Waals surface area contributed by atoms with Crippen LogP contribution < -0.4 is 5.32 Å². The summed E-state index contributed by atoms with van der Waals surface area (Å²) in [5, 5.41) is 3.24. The maximum Gasteiger partial charge on any atom is 0.0724 e. The van der Waals surface area contributed by atoms with Gasteiger partial charge in [-0.2, -0.15) is 0 Å². The predicted octanol–water partition coefficient (Wildman–Crippen LogP) is 0.773. The summed E-state index contributed by atoms with van der Waals surface area (Å²) in [6.07, 6.45) is 4.27. The molecule has 0 spiro atoms. The Hall–Kier alpha value is -0.0800. The molecule has 2 heteroatoms. The van der Waals surface area contributed by atoms with E-state index in [0.29, 0.717) is 12.1 Å². The lowest BCUT2D eigenvalue weighted by Crippen LogP contribution is -2.33. The summed E-state index contributed by atoms with van der Waals surface area (Å²) in [5.74, 6) is 0. The highest BCUT2D eigenvalue weighted by Gasteiger charge is 2.24. The first-order valence-electron chi connectivity index (χ1n) is 3.58. The molecule has 0 saturated heterocycles. The van der Waals surface area contributed by atoms with E-state index in [1.165, 1.54) is 19.3 Å². The van der Waals surface area contributed by atoms with Crippen molar-refractivity contribution < 1.29 is 4.74 Å². The Morgan fingerprint density at radius 2 is 2.22 bits per heavy atom. The van der Waals surface area contributed by atoms with E-state index in [1.54, 1.807) is 7.11 Å². The van der Waals surface area contributed by atoms with Crippen molar-refractivity contribution in [1.82, 2.24) is 5.32 Å². The molecule has 0 unspecified atom stereocenters. The van der Waals surface area contributed by atoms with Crippen molar-refractivity contribution in [2.75, 3.05) is 14.2 Å². The van der Waals surface area contributed by atoms with Crippen molar-refractivity contribution in [2.45, 2.75) is 31.4 Å². The fourth-order valence-corrected chi connectivity index (χ4v) is 1.54. The fraction of sp³-hybridized carbons (Fsp3) is 1.00. The van der Waals surface area contributed by atoms with E-state index < -0.39 is 0 Å². The number of methoxy groups -OCH3 is 1. The standard InChI is InChI=1S/C7H15NO/c1-8-6-4-3-5-7(6)9-2/h6-8H,3-5H2,1-2H3/t6-,7-/m0/s1. The highest BCUT2D eigenvalue weighted by atomic mass is 16.5. The zero-order valence-electron chi connectivity index (χ0n) is 6.18. The summed E-state index contributed by atoms with van der Waals surface area (Å²) >= 11 is 0. The van der Waals surface area contributed by atoms with E-state index >= 15 is 0 Å². The third-order valence-electron chi connectivity index (χ3n) is 2.13. The molecule has 54 valence electrons. The first-order chi connectivity index (χ1) is 4.38. The van der Waals surface area contributed by atoms with Crippen LogP contribution >= 0.6 is 0 Å². The number of rotatable bonds is 2. The molecule has 1 aliphatic rings.